The molecule has 134 valence electrons. The normalized spacial score (nSPS) is 12.7. The van der Waals surface area contributed by atoms with Crippen molar-refractivity contribution in [3.8, 4) is 22.6 Å². The molecule has 0 saturated carbocycles. The van der Waals surface area contributed by atoms with Crippen LogP contribution in [0.5, 0.6) is 11.5 Å². The van der Waals surface area contributed by atoms with E-state index in [1.54, 1.807) is 0 Å². The van der Waals surface area contributed by atoms with Crippen LogP contribution >= 0.6 is 7.60 Å². The second kappa shape index (κ2) is 8.19. The first-order valence-electron chi connectivity index (χ1n) is 8.10. The lowest BCUT2D eigenvalue weighted by atomic mass is 10.1. The van der Waals surface area contributed by atoms with E-state index >= 15 is 0 Å². The van der Waals surface area contributed by atoms with E-state index in [9.17, 15) is 4.57 Å². The maximum absolute atomic E-state index is 10.9. The third-order valence-electron chi connectivity index (χ3n) is 3.74. The summed E-state index contributed by atoms with van der Waals surface area (Å²) in [7, 11) is -4.20. The van der Waals surface area contributed by atoms with Crippen LogP contribution in [-0.4, -0.2) is 23.0 Å². The van der Waals surface area contributed by atoms with Gasteiger partial charge in [0.1, 0.15) is 13.2 Å². The molecule has 0 fully saturated rings. The second-order valence-corrected chi connectivity index (χ2v) is 7.21. The molecule has 6 heteroatoms. The summed E-state index contributed by atoms with van der Waals surface area (Å²) in [5.74, 6) is 0.908. The zero-order chi connectivity index (χ0) is 18.4. The SMILES string of the molecule is O=P(O)(O)c1ccc2c(c1)OCCO2.c1ccc(-c2ccccc2)cc1. The summed E-state index contributed by atoms with van der Waals surface area (Å²) < 4.78 is 21.3. The lowest BCUT2D eigenvalue weighted by molar-refractivity contribution is 0.171. The van der Waals surface area contributed by atoms with Crippen molar-refractivity contribution in [1.82, 2.24) is 0 Å². The van der Waals surface area contributed by atoms with E-state index in [1.807, 2.05) is 12.1 Å². The maximum Gasteiger partial charge on any atom is 0.356 e. The van der Waals surface area contributed by atoms with Crippen molar-refractivity contribution in [3.05, 3.63) is 78.9 Å². The summed E-state index contributed by atoms with van der Waals surface area (Å²) in [6.45, 7) is 0.861. The lowest BCUT2D eigenvalue weighted by Crippen LogP contribution is -2.17. The Kier molecular flexibility index (Phi) is 5.74. The first kappa shape index (κ1) is 18.2. The molecular formula is C20H19O5P. The van der Waals surface area contributed by atoms with Crippen LogP contribution in [0.15, 0.2) is 78.9 Å². The quantitative estimate of drug-likeness (QED) is 0.674. The summed E-state index contributed by atoms with van der Waals surface area (Å²) in [5, 5.41) is -0.0539. The summed E-state index contributed by atoms with van der Waals surface area (Å²) >= 11 is 0. The summed E-state index contributed by atoms with van der Waals surface area (Å²) in [5.41, 5.74) is 2.55. The van der Waals surface area contributed by atoms with Gasteiger partial charge in [0, 0.05) is 0 Å². The van der Waals surface area contributed by atoms with Crippen LogP contribution in [0.3, 0.4) is 0 Å². The van der Waals surface area contributed by atoms with Crippen LogP contribution in [0.2, 0.25) is 0 Å². The molecule has 0 amide bonds. The van der Waals surface area contributed by atoms with E-state index in [2.05, 4.69) is 48.5 Å². The molecule has 26 heavy (non-hydrogen) atoms. The maximum atomic E-state index is 10.9. The molecule has 0 aliphatic carbocycles. The molecule has 1 aliphatic rings. The fourth-order valence-electron chi connectivity index (χ4n) is 2.47. The van der Waals surface area contributed by atoms with Crippen molar-refractivity contribution in [2.45, 2.75) is 0 Å². The molecule has 0 bridgehead atoms. The van der Waals surface area contributed by atoms with Crippen LogP contribution in [0.25, 0.3) is 11.1 Å². The van der Waals surface area contributed by atoms with Crippen molar-refractivity contribution in [2.75, 3.05) is 13.2 Å². The van der Waals surface area contributed by atoms with Crippen LogP contribution in [0.4, 0.5) is 0 Å². The minimum absolute atomic E-state index is 0.0539. The number of benzene rings is 3. The van der Waals surface area contributed by atoms with Gasteiger partial charge in [-0.05, 0) is 29.3 Å². The van der Waals surface area contributed by atoms with Crippen LogP contribution in [0.1, 0.15) is 0 Å². The fraction of sp³-hybridized carbons (Fsp3) is 0.100. The van der Waals surface area contributed by atoms with Gasteiger partial charge in [0.05, 0.1) is 5.30 Å². The molecule has 0 spiro atoms. The van der Waals surface area contributed by atoms with Gasteiger partial charge in [-0.1, -0.05) is 60.7 Å². The van der Waals surface area contributed by atoms with E-state index in [4.69, 9.17) is 19.3 Å². The Hall–Kier alpha value is -2.59. The minimum atomic E-state index is -4.20. The van der Waals surface area contributed by atoms with Gasteiger partial charge in [-0.3, -0.25) is 4.57 Å². The highest BCUT2D eigenvalue weighted by atomic mass is 31.2. The van der Waals surface area contributed by atoms with Crippen molar-refractivity contribution >= 4 is 12.9 Å². The zero-order valence-corrected chi connectivity index (χ0v) is 14.9. The summed E-state index contributed by atoms with van der Waals surface area (Å²) in [4.78, 5) is 17.8. The van der Waals surface area contributed by atoms with Gasteiger partial charge in [-0.2, -0.15) is 0 Å². The highest BCUT2D eigenvalue weighted by Gasteiger charge is 2.21. The first-order chi connectivity index (χ1) is 12.5. The molecule has 3 aromatic carbocycles. The van der Waals surface area contributed by atoms with E-state index in [1.165, 1.54) is 29.3 Å². The van der Waals surface area contributed by atoms with Crippen molar-refractivity contribution in [3.63, 3.8) is 0 Å². The smallest absolute Gasteiger partial charge is 0.356 e. The Morgan fingerprint density at radius 2 is 1.19 bits per heavy atom. The Balaban J connectivity index is 0.000000152. The minimum Gasteiger partial charge on any atom is -0.486 e. The van der Waals surface area contributed by atoms with Gasteiger partial charge in [0.25, 0.3) is 0 Å². The standard InChI is InChI=1S/C12H10.C8H9O5P/c1-3-7-11(8-4-1)12-9-5-2-6-10-12;9-14(10,11)6-1-2-7-8(5-6)13-4-3-12-7/h1-10H;1-2,5H,3-4H2,(H2,9,10,11). The second-order valence-electron chi connectivity index (χ2n) is 5.60. The van der Waals surface area contributed by atoms with Crippen molar-refractivity contribution < 1.29 is 23.8 Å². The molecule has 1 aliphatic heterocycles. The molecule has 0 atom stereocenters. The molecule has 4 rings (SSSR count). The molecule has 0 aromatic heterocycles. The number of ether oxygens (including phenoxy) is 2. The molecule has 2 N–H and O–H groups in total. The molecule has 3 aromatic rings. The van der Waals surface area contributed by atoms with E-state index in [0.717, 1.165) is 0 Å². The molecule has 0 radical (unpaired) electrons. The molecule has 1 heterocycles. The Bertz CT molecular complexity index is 853. The Labute approximate surface area is 152 Å². The highest BCUT2D eigenvalue weighted by Crippen LogP contribution is 2.37. The van der Waals surface area contributed by atoms with Gasteiger partial charge in [0.15, 0.2) is 11.5 Å². The predicted molar refractivity (Wildman–Crippen MR) is 101 cm³/mol. The summed E-state index contributed by atoms with van der Waals surface area (Å²) in [6.07, 6.45) is 0. The van der Waals surface area contributed by atoms with Gasteiger partial charge in [0.2, 0.25) is 0 Å². The van der Waals surface area contributed by atoms with Crippen molar-refractivity contribution in [2.24, 2.45) is 0 Å². The average molecular weight is 370 g/mol. The molecule has 5 nitrogen and oxygen atoms in total. The number of rotatable bonds is 2. The lowest BCUT2D eigenvalue weighted by Gasteiger charge is -2.18. The molecular weight excluding hydrogens is 351 g/mol. The Morgan fingerprint density at radius 1 is 0.692 bits per heavy atom. The van der Waals surface area contributed by atoms with E-state index < -0.39 is 7.60 Å². The monoisotopic (exact) mass is 370 g/mol. The van der Waals surface area contributed by atoms with Gasteiger partial charge < -0.3 is 19.3 Å². The van der Waals surface area contributed by atoms with Gasteiger partial charge in [-0.15, -0.1) is 0 Å². The largest absolute Gasteiger partial charge is 0.486 e. The van der Waals surface area contributed by atoms with E-state index in [0.29, 0.717) is 24.7 Å². The van der Waals surface area contributed by atoms with Gasteiger partial charge >= 0.3 is 7.60 Å². The first-order valence-corrected chi connectivity index (χ1v) is 9.71. The predicted octanol–water partition coefficient (Wildman–Crippen LogP) is 3.61. The Morgan fingerprint density at radius 3 is 1.69 bits per heavy atom. The molecule has 0 unspecified atom stereocenters. The molecule has 0 saturated heterocycles. The number of fused-ring (bicyclic) bond motifs is 1. The fourth-order valence-corrected chi connectivity index (χ4v) is 3.03. The number of hydrogen-bond acceptors (Lipinski definition) is 3. The topological polar surface area (TPSA) is 76.0 Å². The van der Waals surface area contributed by atoms with Crippen LogP contribution in [0, 0.1) is 0 Å². The zero-order valence-electron chi connectivity index (χ0n) is 14.0. The average Bonchev–Trinajstić information content (AvgIpc) is 2.69. The van der Waals surface area contributed by atoms with E-state index in [-0.39, 0.29) is 5.30 Å². The third kappa shape index (κ3) is 4.73. The van der Waals surface area contributed by atoms with Gasteiger partial charge in [-0.25, -0.2) is 0 Å². The number of hydrogen-bond donors (Lipinski definition) is 2. The van der Waals surface area contributed by atoms with Crippen molar-refractivity contribution in [1.29, 1.82) is 0 Å². The van der Waals surface area contributed by atoms with Crippen LogP contribution < -0.4 is 14.8 Å². The third-order valence-corrected chi connectivity index (χ3v) is 4.69. The summed E-state index contributed by atoms with van der Waals surface area (Å²) in [6, 6.07) is 24.9. The van der Waals surface area contributed by atoms with Crippen LogP contribution in [-0.2, 0) is 4.57 Å². The highest BCUT2D eigenvalue weighted by molar-refractivity contribution is 7.60.